The van der Waals surface area contributed by atoms with Crippen LogP contribution in [-0.2, 0) is 5.60 Å². The van der Waals surface area contributed by atoms with Crippen LogP contribution in [0.2, 0.25) is 5.02 Å². The Morgan fingerprint density at radius 2 is 1.72 bits per heavy atom. The summed E-state index contributed by atoms with van der Waals surface area (Å²) in [5.41, 5.74) is 0.543. The van der Waals surface area contributed by atoms with Crippen molar-refractivity contribution in [1.29, 1.82) is 0 Å². The van der Waals surface area contributed by atoms with Gasteiger partial charge in [0.25, 0.3) is 0 Å². The number of benzene rings is 2. The van der Waals surface area contributed by atoms with Gasteiger partial charge in [-0.05, 0) is 23.3 Å². The first-order chi connectivity index (χ1) is 8.66. The van der Waals surface area contributed by atoms with E-state index >= 15 is 0 Å². The first-order valence-electron chi connectivity index (χ1n) is 5.81. The van der Waals surface area contributed by atoms with Crippen LogP contribution in [0.1, 0.15) is 17.5 Å². The second-order valence-corrected chi connectivity index (χ2v) is 4.67. The largest absolute Gasteiger partial charge is 0.380 e. The Morgan fingerprint density at radius 3 is 2.33 bits per heavy atom. The van der Waals surface area contributed by atoms with Crippen LogP contribution in [0.15, 0.2) is 67.3 Å². The highest BCUT2D eigenvalue weighted by Gasteiger charge is 2.29. The molecule has 0 radical (unpaired) electrons. The summed E-state index contributed by atoms with van der Waals surface area (Å²) in [6.07, 6.45) is 2.16. The van der Waals surface area contributed by atoms with Crippen LogP contribution in [0.25, 0.3) is 0 Å². The zero-order valence-electron chi connectivity index (χ0n) is 10.0. The average Bonchev–Trinajstić information content (AvgIpc) is 2.40. The van der Waals surface area contributed by atoms with Crippen molar-refractivity contribution in [2.75, 3.05) is 0 Å². The Balaban J connectivity index is 2.54. The van der Waals surface area contributed by atoms with Gasteiger partial charge in [-0.15, -0.1) is 6.58 Å². The molecular formula is C16H15ClO. The minimum absolute atomic E-state index is 0.442. The highest BCUT2D eigenvalue weighted by atomic mass is 35.5. The normalized spacial score (nSPS) is 13.9. The molecule has 1 atom stereocenters. The van der Waals surface area contributed by atoms with E-state index in [0.717, 1.165) is 11.1 Å². The van der Waals surface area contributed by atoms with Crippen LogP contribution < -0.4 is 0 Å². The molecule has 1 unspecified atom stereocenters. The topological polar surface area (TPSA) is 20.2 Å². The third-order valence-electron chi connectivity index (χ3n) is 2.99. The Morgan fingerprint density at radius 1 is 1.06 bits per heavy atom. The van der Waals surface area contributed by atoms with E-state index in [0.29, 0.717) is 11.4 Å². The van der Waals surface area contributed by atoms with Gasteiger partial charge in [0, 0.05) is 11.4 Å². The van der Waals surface area contributed by atoms with Gasteiger partial charge >= 0.3 is 0 Å². The third-order valence-corrected chi connectivity index (χ3v) is 3.23. The van der Waals surface area contributed by atoms with Crippen LogP contribution in [0.5, 0.6) is 0 Å². The van der Waals surface area contributed by atoms with Gasteiger partial charge in [0.15, 0.2) is 0 Å². The average molecular weight is 259 g/mol. The van der Waals surface area contributed by atoms with Crippen LogP contribution >= 0.6 is 11.6 Å². The minimum atomic E-state index is -1.08. The summed E-state index contributed by atoms with van der Waals surface area (Å²) in [4.78, 5) is 0. The number of halogens is 1. The third kappa shape index (κ3) is 2.47. The zero-order chi connectivity index (χ0) is 13.0. The molecule has 0 saturated carbocycles. The summed E-state index contributed by atoms with van der Waals surface area (Å²) in [5.74, 6) is 0. The summed E-state index contributed by atoms with van der Waals surface area (Å²) < 4.78 is 0. The van der Waals surface area contributed by atoms with Crippen molar-refractivity contribution in [3.63, 3.8) is 0 Å². The van der Waals surface area contributed by atoms with Gasteiger partial charge in [-0.25, -0.2) is 0 Å². The first-order valence-corrected chi connectivity index (χ1v) is 6.19. The molecule has 0 fully saturated rings. The molecule has 0 aliphatic rings. The van der Waals surface area contributed by atoms with Crippen LogP contribution in [0.3, 0.4) is 0 Å². The van der Waals surface area contributed by atoms with Crippen LogP contribution in [0.4, 0.5) is 0 Å². The molecular weight excluding hydrogens is 244 g/mol. The Bertz CT molecular complexity index is 536. The molecule has 1 nitrogen and oxygen atoms in total. The maximum absolute atomic E-state index is 10.9. The van der Waals surface area contributed by atoms with E-state index in [-0.39, 0.29) is 0 Å². The zero-order valence-corrected chi connectivity index (χ0v) is 10.8. The second-order valence-electron chi connectivity index (χ2n) is 4.23. The summed E-state index contributed by atoms with van der Waals surface area (Å²) in [6.45, 7) is 3.73. The van der Waals surface area contributed by atoms with Crippen molar-refractivity contribution in [1.82, 2.24) is 0 Å². The highest BCUT2D eigenvalue weighted by molar-refractivity contribution is 6.30. The Labute approximate surface area is 112 Å². The molecule has 0 saturated heterocycles. The van der Waals surface area contributed by atoms with E-state index < -0.39 is 5.60 Å². The molecule has 92 valence electrons. The lowest BCUT2D eigenvalue weighted by Gasteiger charge is -2.28. The van der Waals surface area contributed by atoms with Crippen molar-refractivity contribution in [3.8, 4) is 0 Å². The highest BCUT2D eigenvalue weighted by Crippen LogP contribution is 2.34. The lowest BCUT2D eigenvalue weighted by atomic mass is 9.84. The number of hydrogen-bond acceptors (Lipinski definition) is 1. The van der Waals surface area contributed by atoms with Crippen LogP contribution in [-0.4, -0.2) is 5.11 Å². The summed E-state index contributed by atoms with van der Waals surface area (Å²) in [5, 5.41) is 11.6. The predicted octanol–water partition coefficient (Wildman–Crippen LogP) is 4.15. The SMILES string of the molecule is C=CCC(O)(c1ccccc1)c1cccc(Cl)c1. The van der Waals surface area contributed by atoms with Crippen molar-refractivity contribution in [2.24, 2.45) is 0 Å². The van der Waals surface area contributed by atoms with E-state index in [1.807, 2.05) is 42.5 Å². The fraction of sp³-hybridized carbons (Fsp3) is 0.125. The van der Waals surface area contributed by atoms with E-state index in [1.165, 1.54) is 0 Å². The lowest BCUT2D eigenvalue weighted by Crippen LogP contribution is -2.26. The monoisotopic (exact) mass is 258 g/mol. The molecule has 2 aromatic carbocycles. The van der Waals surface area contributed by atoms with Crippen molar-refractivity contribution in [2.45, 2.75) is 12.0 Å². The second kappa shape index (κ2) is 5.38. The number of rotatable bonds is 4. The van der Waals surface area contributed by atoms with Crippen LogP contribution in [0, 0.1) is 0 Å². The number of aliphatic hydroxyl groups is 1. The molecule has 0 heterocycles. The molecule has 1 N–H and O–H groups in total. The van der Waals surface area contributed by atoms with Gasteiger partial charge in [-0.3, -0.25) is 0 Å². The molecule has 0 aliphatic carbocycles. The molecule has 0 aromatic heterocycles. The molecule has 0 amide bonds. The van der Waals surface area contributed by atoms with Crippen molar-refractivity contribution < 1.29 is 5.11 Å². The standard InChI is InChI=1S/C16H15ClO/c1-2-11-16(18,13-7-4-3-5-8-13)14-9-6-10-15(17)12-14/h2-10,12,18H,1,11H2. The first kappa shape index (κ1) is 12.9. The fourth-order valence-electron chi connectivity index (χ4n) is 2.07. The minimum Gasteiger partial charge on any atom is -0.380 e. The summed E-state index contributed by atoms with van der Waals surface area (Å²) >= 11 is 6.00. The quantitative estimate of drug-likeness (QED) is 0.817. The summed E-state index contributed by atoms with van der Waals surface area (Å²) in [6, 6.07) is 16.9. The molecule has 0 spiro atoms. The molecule has 0 bridgehead atoms. The van der Waals surface area contributed by atoms with E-state index in [2.05, 4.69) is 6.58 Å². The molecule has 0 aliphatic heterocycles. The summed E-state index contributed by atoms with van der Waals surface area (Å²) in [7, 11) is 0. The molecule has 18 heavy (non-hydrogen) atoms. The van der Waals surface area contributed by atoms with E-state index in [9.17, 15) is 5.11 Å². The molecule has 2 heteroatoms. The smallest absolute Gasteiger partial charge is 0.118 e. The number of hydrogen-bond donors (Lipinski definition) is 1. The van der Waals surface area contributed by atoms with Gasteiger partial charge in [-0.1, -0.05) is 60.1 Å². The molecule has 2 aromatic rings. The fourth-order valence-corrected chi connectivity index (χ4v) is 2.26. The van der Waals surface area contributed by atoms with Gasteiger partial charge in [0.2, 0.25) is 0 Å². The maximum atomic E-state index is 10.9. The predicted molar refractivity (Wildman–Crippen MR) is 75.7 cm³/mol. The van der Waals surface area contributed by atoms with Gasteiger partial charge in [-0.2, -0.15) is 0 Å². The Kier molecular flexibility index (Phi) is 3.85. The van der Waals surface area contributed by atoms with E-state index in [4.69, 9.17) is 11.6 Å². The van der Waals surface area contributed by atoms with E-state index in [1.54, 1.807) is 18.2 Å². The van der Waals surface area contributed by atoms with Gasteiger partial charge < -0.3 is 5.11 Å². The molecule has 2 rings (SSSR count). The van der Waals surface area contributed by atoms with Gasteiger partial charge in [0.05, 0.1) is 0 Å². The lowest BCUT2D eigenvalue weighted by molar-refractivity contribution is 0.0842. The maximum Gasteiger partial charge on any atom is 0.118 e. The van der Waals surface area contributed by atoms with Crippen molar-refractivity contribution >= 4 is 11.6 Å². The van der Waals surface area contributed by atoms with Crippen molar-refractivity contribution in [3.05, 3.63) is 83.4 Å². The van der Waals surface area contributed by atoms with Gasteiger partial charge in [0.1, 0.15) is 5.60 Å². The Hall–Kier alpha value is -1.57.